The highest BCUT2D eigenvalue weighted by Gasteiger charge is 2.15. The normalized spacial score (nSPS) is 21.5. The van der Waals surface area contributed by atoms with E-state index >= 15 is 0 Å². The zero-order valence-corrected chi connectivity index (χ0v) is 8.01. The van der Waals surface area contributed by atoms with Crippen LogP contribution in [0.4, 0.5) is 5.69 Å². The number of hydrogen-bond donors (Lipinski definition) is 2. The van der Waals surface area contributed by atoms with E-state index in [-0.39, 0.29) is 6.04 Å². The van der Waals surface area contributed by atoms with Gasteiger partial charge >= 0.3 is 0 Å². The van der Waals surface area contributed by atoms with Crippen LogP contribution < -0.4 is 11.1 Å². The first kappa shape index (κ1) is 8.57. The van der Waals surface area contributed by atoms with E-state index in [0.29, 0.717) is 0 Å². The van der Waals surface area contributed by atoms with Gasteiger partial charge in [0.1, 0.15) is 0 Å². The Hall–Kier alpha value is -1.02. The average Bonchev–Trinajstić information content (AvgIpc) is 2.30. The van der Waals surface area contributed by atoms with Crippen LogP contribution in [0.15, 0.2) is 18.2 Å². The largest absolute Gasteiger partial charge is 0.385 e. The van der Waals surface area contributed by atoms with Crippen molar-refractivity contribution in [3.05, 3.63) is 29.3 Å². The molecular formula is C11H16N2. The molecule has 3 N–H and O–H groups in total. The predicted octanol–water partition coefficient (Wildman–Crippen LogP) is 2.20. The number of rotatable bonds is 0. The highest BCUT2D eigenvalue weighted by Crippen LogP contribution is 2.29. The highest BCUT2D eigenvalue weighted by atomic mass is 14.9. The molecule has 1 aromatic rings. The minimum atomic E-state index is 0.213. The van der Waals surface area contributed by atoms with Crippen LogP contribution in [0.5, 0.6) is 0 Å². The second kappa shape index (κ2) is 3.38. The molecule has 0 spiro atoms. The molecule has 0 radical (unpaired) electrons. The lowest BCUT2D eigenvalue weighted by molar-refractivity contribution is 0.642. The molecule has 1 aliphatic rings. The number of hydrogen-bond acceptors (Lipinski definition) is 2. The lowest BCUT2D eigenvalue weighted by atomic mass is 10.0. The zero-order chi connectivity index (χ0) is 9.26. The number of benzene rings is 1. The maximum absolute atomic E-state index is 6.08. The molecule has 13 heavy (non-hydrogen) atoms. The lowest BCUT2D eigenvalue weighted by Crippen LogP contribution is -2.09. The Morgan fingerprint density at radius 2 is 2.31 bits per heavy atom. The van der Waals surface area contributed by atoms with Gasteiger partial charge in [0, 0.05) is 18.3 Å². The summed E-state index contributed by atoms with van der Waals surface area (Å²) in [6, 6.07) is 6.56. The van der Waals surface area contributed by atoms with Gasteiger partial charge in [-0.2, -0.15) is 0 Å². The minimum absolute atomic E-state index is 0.213. The maximum atomic E-state index is 6.08. The topological polar surface area (TPSA) is 38.0 Å². The fourth-order valence-electron chi connectivity index (χ4n) is 1.93. The van der Waals surface area contributed by atoms with Gasteiger partial charge in [-0.15, -0.1) is 0 Å². The number of nitrogens with two attached hydrogens (primary N) is 1. The maximum Gasteiger partial charge on any atom is 0.0418 e. The smallest absolute Gasteiger partial charge is 0.0418 e. The molecule has 1 aromatic carbocycles. The Morgan fingerprint density at radius 1 is 1.46 bits per heavy atom. The van der Waals surface area contributed by atoms with Crippen molar-refractivity contribution in [1.29, 1.82) is 0 Å². The molecule has 0 saturated carbocycles. The summed E-state index contributed by atoms with van der Waals surface area (Å²) in [7, 11) is 0. The van der Waals surface area contributed by atoms with Crippen LogP contribution in [0, 0.1) is 6.92 Å². The van der Waals surface area contributed by atoms with E-state index in [9.17, 15) is 0 Å². The van der Waals surface area contributed by atoms with Crippen molar-refractivity contribution < 1.29 is 0 Å². The molecular weight excluding hydrogens is 160 g/mol. The Balaban J connectivity index is 2.47. The Kier molecular flexibility index (Phi) is 2.23. The number of nitrogens with one attached hydrogen (secondary N) is 1. The quantitative estimate of drug-likeness (QED) is 0.636. The van der Waals surface area contributed by atoms with E-state index in [1.165, 1.54) is 16.8 Å². The number of anilines is 1. The summed E-state index contributed by atoms with van der Waals surface area (Å²) >= 11 is 0. The minimum Gasteiger partial charge on any atom is -0.385 e. The third-order valence-electron chi connectivity index (χ3n) is 2.70. The summed E-state index contributed by atoms with van der Waals surface area (Å²) in [5.41, 5.74) is 9.91. The van der Waals surface area contributed by atoms with E-state index in [2.05, 4.69) is 30.4 Å². The predicted molar refractivity (Wildman–Crippen MR) is 55.8 cm³/mol. The van der Waals surface area contributed by atoms with Gasteiger partial charge in [0.25, 0.3) is 0 Å². The van der Waals surface area contributed by atoms with Crippen molar-refractivity contribution in [2.75, 3.05) is 11.9 Å². The van der Waals surface area contributed by atoms with Crippen LogP contribution in [0.1, 0.15) is 30.0 Å². The zero-order valence-electron chi connectivity index (χ0n) is 8.01. The fourth-order valence-corrected chi connectivity index (χ4v) is 1.93. The van der Waals surface area contributed by atoms with Gasteiger partial charge in [0.15, 0.2) is 0 Å². The van der Waals surface area contributed by atoms with Gasteiger partial charge < -0.3 is 11.1 Å². The second-order valence-corrected chi connectivity index (χ2v) is 3.71. The van der Waals surface area contributed by atoms with Crippen LogP contribution >= 0.6 is 0 Å². The molecule has 2 rings (SSSR count). The summed E-state index contributed by atoms with van der Waals surface area (Å²) in [6.45, 7) is 3.18. The van der Waals surface area contributed by atoms with Crippen molar-refractivity contribution in [3.63, 3.8) is 0 Å². The van der Waals surface area contributed by atoms with E-state index < -0.39 is 0 Å². The molecule has 0 aromatic heterocycles. The van der Waals surface area contributed by atoms with Crippen molar-refractivity contribution in [2.24, 2.45) is 5.73 Å². The van der Waals surface area contributed by atoms with Crippen molar-refractivity contribution in [1.82, 2.24) is 0 Å². The molecule has 0 unspecified atom stereocenters. The molecule has 0 bridgehead atoms. The summed E-state index contributed by atoms with van der Waals surface area (Å²) in [5.74, 6) is 0. The molecule has 0 aliphatic carbocycles. The van der Waals surface area contributed by atoms with E-state index in [1.807, 2.05) is 0 Å². The molecule has 2 heteroatoms. The molecule has 0 amide bonds. The van der Waals surface area contributed by atoms with Crippen LogP contribution in [0.3, 0.4) is 0 Å². The molecule has 0 fully saturated rings. The first-order valence-electron chi connectivity index (χ1n) is 4.88. The molecule has 70 valence electrons. The van der Waals surface area contributed by atoms with Gasteiger partial charge in [-0.05, 0) is 30.9 Å². The van der Waals surface area contributed by atoms with E-state index in [0.717, 1.165) is 19.4 Å². The third-order valence-corrected chi connectivity index (χ3v) is 2.70. The summed E-state index contributed by atoms with van der Waals surface area (Å²) < 4.78 is 0. The van der Waals surface area contributed by atoms with E-state index in [4.69, 9.17) is 5.73 Å². The molecule has 1 aliphatic heterocycles. The first-order valence-corrected chi connectivity index (χ1v) is 4.88. The molecule has 2 nitrogen and oxygen atoms in total. The second-order valence-electron chi connectivity index (χ2n) is 3.71. The fraction of sp³-hybridized carbons (Fsp3) is 0.455. The third kappa shape index (κ3) is 1.54. The van der Waals surface area contributed by atoms with Crippen LogP contribution in [-0.2, 0) is 0 Å². The number of para-hydroxylation sites is 1. The van der Waals surface area contributed by atoms with Gasteiger partial charge in [-0.25, -0.2) is 0 Å². The Bertz CT molecular complexity index is 307. The number of fused-ring (bicyclic) bond motifs is 1. The Labute approximate surface area is 79.1 Å². The van der Waals surface area contributed by atoms with Gasteiger partial charge in [-0.3, -0.25) is 0 Å². The molecule has 1 atom stereocenters. The summed E-state index contributed by atoms with van der Waals surface area (Å²) in [5, 5.41) is 3.44. The first-order chi connectivity index (χ1) is 6.29. The van der Waals surface area contributed by atoms with Crippen molar-refractivity contribution >= 4 is 5.69 Å². The highest BCUT2D eigenvalue weighted by molar-refractivity contribution is 5.58. The molecule has 0 saturated heterocycles. The SMILES string of the molecule is Cc1cccc2c1NCCC[C@@H]2N. The van der Waals surface area contributed by atoms with Crippen molar-refractivity contribution in [2.45, 2.75) is 25.8 Å². The summed E-state index contributed by atoms with van der Waals surface area (Å²) in [6.07, 6.45) is 2.25. The monoisotopic (exact) mass is 176 g/mol. The van der Waals surface area contributed by atoms with Gasteiger partial charge in [-0.1, -0.05) is 18.2 Å². The van der Waals surface area contributed by atoms with Gasteiger partial charge in [0.05, 0.1) is 0 Å². The van der Waals surface area contributed by atoms with Crippen molar-refractivity contribution in [3.8, 4) is 0 Å². The Morgan fingerprint density at radius 3 is 3.15 bits per heavy atom. The average molecular weight is 176 g/mol. The van der Waals surface area contributed by atoms with Gasteiger partial charge in [0.2, 0.25) is 0 Å². The van der Waals surface area contributed by atoms with Crippen LogP contribution in [-0.4, -0.2) is 6.54 Å². The van der Waals surface area contributed by atoms with E-state index in [1.54, 1.807) is 0 Å². The summed E-state index contributed by atoms with van der Waals surface area (Å²) in [4.78, 5) is 0. The molecule has 1 heterocycles. The number of aryl methyl sites for hydroxylation is 1. The lowest BCUT2D eigenvalue weighted by Gasteiger charge is -2.14. The van der Waals surface area contributed by atoms with Crippen LogP contribution in [0.25, 0.3) is 0 Å². The van der Waals surface area contributed by atoms with Crippen LogP contribution in [0.2, 0.25) is 0 Å². The standard InChI is InChI=1S/C11H16N2/c1-8-4-2-5-9-10(12)6-3-7-13-11(8)9/h2,4-5,10,13H,3,6-7,12H2,1H3/t10-/m0/s1.